The number of anilines is 1. The van der Waals surface area contributed by atoms with Crippen LogP contribution in [0.1, 0.15) is 12.8 Å². The summed E-state index contributed by atoms with van der Waals surface area (Å²) in [5, 5.41) is 14.0. The number of nitrogens with zero attached hydrogens (tertiary/aromatic N) is 3. The van der Waals surface area contributed by atoms with Crippen molar-refractivity contribution in [1.29, 1.82) is 0 Å². The lowest BCUT2D eigenvalue weighted by Crippen LogP contribution is -2.46. The quantitative estimate of drug-likeness (QED) is 0.471. The van der Waals surface area contributed by atoms with Gasteiger partial charge in [-0.25, -0.2) is 0 Å². The summed E-state index contributed by atoms with van der Waals surface area (Å²) >= 11 is 0. The van der Waals surface area contributed by atoms with Gasteiger partial charge in [0.25, 0.3) is 5.69 Å². The molecule has 1 saturated heterocycles. The minimum absolute atomic E-state index is 0.169. The molecular weight excluding hydrogens is 268 g/mol. The lowest BCUT2D eigenvalue weighted by atomic mass is 10.2. The van der Waals surface area contributed by atoms with E-state index in [4.69, 9.17) is 0 Å². The third kappa shape index (κ3) is 4.68. The Hall–Kier alpha value is -1.66. The van der Waals surface area contributed by atoms with Crippen LogP contribution in [-0.2, 0) is 0 Å². The predicted molar refractivity (Wildman–Crippen MR) is 84.9 cm³/mol. The number of nitrogens with one attached hydrogen (secondary N) is 1. The lowest BCUT2D eigenvalue weighted by molar-refractivity contribution is -0.384. The Morgan fingerprint density at radius 1 is 1.24 bits per heavy atom. The standard InChI is InChI=1S/C15H24N4O2/c1-16-7-2-3-8-17-9-11-18(12-10-17)14-5-4-6-15(13-14)19(20)21/h4-6,13,16H,2-3,7-12H2,1H3. The van der Waals surface area contributed by atoms with Gasteiger partial charge in [0.2, 0.25) is 0 Å². The number of benzene rings is 1. The van der Waals surface area contributed by atoms with Gasteiger partial charge in [0.05, 0.1) is 4.92 Å². The van der Waals surface area contributed by atoms with Crippen molar-refractivity contribution in [2.45, 2.75) is 12.8 Å². The number of piperazine rings is 1. The molecule has 1 aliphatic rings. The van der Waals surface area contributed by atoms with E-state index in [0.29, 0.717) is 0 Å². The molecule has 1 N–H and O–H groups in total. The first-order chi connectivity index (χ1) is 10.2. The first kappa shape index (κ1) is 15.7. The van der Waals surface area contributed by atoms with Crippen molar-refractivity contribution in [3.05, 3.63) is 34.4 Å². The molecule has 0 amide bonds. The maximum Gasteiger partial charge on any atom is 0.271 e. The van der Waals surface area contributed by atoms with Crippen LogP contribution >= 0.6 is 0 Å². The van der Waals surface area contributed by atoms with Gasteiger partial charge in [-0.3, -0.25) is 15.0 Å². The van der Waals surface area contributed by atoms with Crippen molar-refractivity contribution < 1.29 is 4.92 Å². The zero-order chi connectivity index (χ0) is 15.1. The third-order valence-electron chi connectivity index (χ3n) is 3.93. The molecular formula is C15H24N4O2. The first-order valence-electron chi connectivity index (χ1n) is 7.57. The normalized spacial score (nSPS) is 16.1. The molecule has 1 aromatic carbocycles. The topological polar surface area (TPSA) is 61.6 Å². The van der Waals surface area contributed by atoms with E-state index in [-0.39, 0.29) is 10.6 Å². The van der Waals surface area contributed by atoms with Crippen LogP contribution in [0, 0.1) is 10.1 Å². The van der Waals surface area contributed by atoms with Gasteiger partial charge in [-0.05, 0) is 39.0 Å². The van der Waals surface area contributed by atoms with Gasteiger partial charge in [0.1, 0.15) is 0 Å². The Bertz CT molecular complexity index is 459. The van der Waals surface area contributed by atoms with Crippen LogP contribution in [0.5, 0.6) is 0 Å². The maximum atomic E-state index is 10.8. The van der Waals surface area contributed by atoms with Crippen LogP contribution in [0.2, 0.25) is 0 Å². The van der Waals surface area contributed by atoms with Gasteiger partial charge < -0.3 is 10.2 Å². The highest BCUT2D eigenvalue weighted by Gasteiger charge is 2.18. The number of unbranched alkanes of at least 4 members (excludes halogenated alkanes) is 1. The van der Waals surface area contributed by atoms with E-state index in [1.807, 2.05) is 13.1 Å². The van der Waals surface area contributed by atoms with E-state index in [1.165, 1.54) is 12.8 Å². The number of nitro benzene ring substituents is 1. The highest BCUT2D eigenvalue weighted by molar-refractivity contribution is 5.53. The molecule has 116 valence electrons. The fraction of sp³-hybridized carbons (Fsp3) is 0.600. The van der Waals surface area contributed by atoms with Crippen LogP contribution in [0.3, 0.4) is 0 Å². The fourth-order valence-corrected chi connectivity index (χ4v) is 2.67. The lowest BCUT2D eigenvalue weighted by Gasteiger charge is -2.36. The molecule has 0 spiro atoms. The molecule has 0 bridgehead atoms. The Kier molecular flexibility index (Phi) is 5.95. The second kappa shape index (κ2) is 7.95. The van der Waals surface area contributed by atoms with E-state index in [9.17, 15) is 10.1 Å². The molecule has 0 aliphatic carbocycles. The van der Waals surface area contributed by atoms with Crippen LogP contribution in [0.25, 0.3) is 0 Å². The van der Waals surface area contributed by atoms with E-state index in [2.05, 4.69) is 15.1 Å². The van der Waals surface area contributed by atoms with Gasteiger partial charge in [-0.1, -0.05) is 6.07 Å². The van der Waals surface area contributed by atoms with E-state index < -0.39 is 0 Å². The number of hydrogen-bond acceptors (Lipinski definition) is 5. The number of hydrogen-bond donors (Lipinski definition) is 1. The minimum atomic E-state index is -0.332. The molecule has 0 saturated carbocycles. The molecule has 0 radical (unpaired) electrons. The summed E-state index contributed by atoms with van der Waals surface area (Å²) in [6, 6.07) is 6.93. The van der Waals surface area contributed by atoms with Gasteiger partial charge in [0, 0.05) is 44.0 Å². The van der Waals surface area contributed by atoms with Crippen LogP contribution < -0.4 is 10.2 Å². The molecule has 0 atom stereocenters. The summed E-state index contributed by atoms with van der Waals surface area (Å²) in [6.45, 7) is 6.16. The van der Waals surface area contributed by atoms with Crippen molar-refractivity contribution in [2.75, 3.05) is 51.2 Å². The van der Waals surface area contributed by atoms with Crippen molar-refractivity contribution in [3.8, 4) is 0 Å². The van der Waals surface area contributed by atoms with Crippen LogP contribution in [0.4, 0.5) is 11.4 Å². The number of nitro groups is 1. The summed E-state index contributed by atoms with van der Waals surface area (Å²) in [4.78, 5) is 15.2. The van der Waals surface area contributed by atoms with Crippen molar-refractivity contribution >= 4 is 11.4 Å². The van der Waals surface area contributed by atoms with Gasteiger partial charge in [-0.15, -0.1) is 0 Å². The number of rotatable bonds is 7. The molecule has 6 heteroatoms. The molecule has 21 heavy (non-hydrogen) atoms. The van der Waals surface area contributed by atoms with Crippen molar-refractivity contribution in [1.82, 2.24) is 10.2 Å². The first-order valence-corrected chi connectivity index (χ1v) is 7.57. The van der Waals surface area contributed by atoms with Crippen molar-refractivity contribution in [2.24, 2.45) is 0 Å². The van der Waals surface area contributed by atoms with Crippen molar-refractivity contribution in [3.63, 3.8) is 0 Å². The molecule has 2 rings (SSSR count). The monoisotopic (exact) mass is 292 g/mol. The molecule has 1 aromatic rings. The summed E-state index contributed by atoms with van der Waals surface area (Å²) in [7, 11) is 1.98. The second-order valence-electron chi connectivity index (χ2n) is 5.42. The fourth-order valence-electron chi connectivity index (χ4n) is 2.67. The average Bonchev–Trinajstić information content (AvgIpc) is 2.52. The third-order valence-corrected chi connectivity index (χ3v) is 3.93. The zero-order valence-corrected chi connectivity index (χ0v) is 12.6. The molecule has 1 aliphatic heterocycles. The van der Waals surface area contributed by atoms with Gasteiger partial charge in [-0.2, -0.15) is 0 Å². The van der Waals surface area contributed by atoms with Gasteiger partial charge in [0.15, 0.2) is 0 Å². The minimum Gasteiger partial charge on any atom is -0.369 e. The Balaban J connectivity index is 1.81. The van der Waals surface area contributed by atoms with E-state index in [1.54, 1.807) is 18.2 Å². The predicted octanol–water partition coefficient (Wildman–Crippen LogP) is 1.72. The highest BCUT2D eigenvalue weighted by atomic mass is 16.6. The average molecular weight is 292 g/mol. The molecule has 6 nitrogen and oxygen atoms in total. The highest BCUT2D eigenvalue weighted by Crippen LogP contribution is 2.22. The van der Waals surface area contributed by atoms with Gasteiger partial charge >= 0.3 is 0 Å². The maximum absolute atomic E-state index is 10.8. The summed E-state index contributed by atoms with van der Waals surface area (Å²) in [6.07, 6.45) is 2.43. The molecule has 1 fully saturated rings. The van der Waals surface area contributed by atoms with Crippen LogP contribution in [0.15, 0.2) is 24.3 Å². The Morgan fingerprint density at radius 2 is 2.00 bits per heavy atom. The molecule has 1 heterocycles. The number of non-ortho nitro benzene ring substituents is 1. The molecule has 0 unspecified atom stereocenters. The smallest absolute Gasteiger partial charge is 0.271 e. The summed E-state index contributed by atoms with van der Waals surface area (Å²) in [5.41, 5.74) is 1.13. The Morgan fingerprint density at radius 3 is 2.67 bits per heavy atom. The van der Waals surface area contributed by atoms with E-state index in [0.717, 1.165) is 45.0 Å². The van der Waals surface area contributed by atoms with E-state index >= 15 is 0 Å². The summed E-state index contributed by atoms with van der Waals surface area (Å²) < 4.78 is 0. The Labute approximate surface area is 125 Å². The zero-order valence-electron chi connectivity index (χ0n) is 12.6. The van der Waals surface area contributed by atoms with Crippen LogP contribution in [-0.4, -0.2) is 56.1 Å². The molecule has 0 aromatic heterocycles. The SMILES string of the molecule is CNCCCCN1CCN(c2cccc([N+](=O)[O-])c2)CC1. The largest absolute Gasteiger partial charge is 0.369 e. The summed E-state index contributed by atoms with van der Waals surface area (Å²) in [5.74, 6) is 0. The second-order valence-corrected chi connectivity index (χ2v) is 5.42.